The highest BCUT2D eigenvalue weighted by atomic mass is 79.9. The van der Waals surface area contributed by atoms with Gasteiger partial charge in [-0.3, -0.25) is 4.79 Å². The maximum atomic E-state index is 12.9. The van der Waals surface area contributed by atoms with Crippen LogP contribution in [0.15, 0.2) is 53.0 Å². The van der Waals surface area contributed by atoms with Crippen LogP contribution in [0.3, 0.4) is 0 Å². The third-order valence-electron chi connectivity index (χ3n) is 5.59. The number of carbonyl (C=O) groups is 1. The molecule has 0 aromatic heterocycles. The first-order valence-corrected chi connectivity index (χ1v) is 11.8. The Morgan fingerprint density at radius 2 is 1.47 bits per heavy atom. The fraction of sp³-hybridized carbons (Fsp3) is 0.500. The lowest BCUT2D eigenvalue weighted by molar-refractivity contribution is -0.117. The van der Waals surface area contributed by atoms with Crippen molar-refractivity contribution in [2.75, 3.05) is 14.2 Å². The molecule has 0 fully saturated rings. The molecule has 0 radical (unpaired) electrons. The lowest BCUT2D eigenvalue weighted by atomic mass is 9.90. The third kappa shape index (κ3) is 7.98. The summed E-state index contributed by atoms with van der Waals surface area (Å²) in [4.78, 5) is 12.9. The van der Waals surface area contributed by atoms with Gasteiger partial charge in [0.1, 0.15) is 0 Å². The van der Waals surface area contributed by atoms with E-state index in [0.29, 0.717) is 12.0 Å². The van der Waals surface area contributed by atoms with Crippen molar-refractivity contribution in [3.05, 3.63) is 69.7 Å². The molecule has 0 aliphatic carbocycles. The van der Waals surface area contributed by atoms with E-state index in [9.17, 15) is 4.79 Å². The number of ether oxygens (including phenoxy) is 2. The molecule has 2 aromatic carbocycles. The van der Waals surface area contributed by atoms with E-state index >= 15 is 0 Å². The van der Waals surface area contributed by atoms with Crippen LogP contribution in [0, 0.1) is 0 Å². The predicted molar refractivity (Wildman–Crippen MR) is 127 cm³/mol. The van der Waals surface area contributed by atoms with Gasteiger partial charge in [-0.25, -0.2) is 0 Å². The highest BCUT2D eigenvalue weighted by Gasteiger charge is 2.26. The number of benzene rings is 2. The molecule has 0 bridgehead atoms. The van der Waals surface area contributed by atoms with Gasteiger partial charge in [-0.15, -0.1) is 0 Å². The van der Waals surface area contributed by atoms with Crippen LogP contribution in [-0.4, -0.2) is 26.3 Å². The highest BCUT2D eigenvalue weighted by molar-refractivity contribution is 9.10. The lowest BCUT2D eigenvalue weighted by Crippen LogP contribution is -2.25. The average Bonchev–Trinajstić information content (AvgIpc) is 2.77. The second kappa shape index (κ2) is 13.7. The summed E-state index contributed by atoms with van der Waals surface area (Å²) < 4.78 is 12.0. The number of aryl methyl sites for hydroxylation is 1. The first-order valence-electron chi connectivity index (χ1n) is 11.0. The number of hydrogen-bond donors (Lipinski definition) is 0. The Labute approximate surface area is 190 Å². The van der Waals surface area contributed by atoms with E-state index in [1.807, 2.05) is 24.3 Å². The van der Waals surface area contributed by atoms with Gasteiger partial charge >= 0.3 is 0 Å². The molecule has 0 spiro atoms. The van der Waals surface area contributed by atoms with Gasteiger partial charge in [-0.05, 0) is 36.1 Å². The van der Waals surface area contributed by atoms with Crippen molar-refractivity contribution in [2.24, 2.45) is 0 Å². The van der Waals surface area contributed by atoms with Gasteiger partial charge < -0.3 is 9.47 Å². The minimum absolute atomic E-state index is 0.0859. The summed E-state index contributed by atoms with van der Waals surface area (Å²) in [5.74, 6) is -0.0676. The van der Waals surface area contributed by atoms with E-state index in [0.717, 1.165) is 16.5 Å². The van der Waals surface area contributed by atoms with E-state index < -0.39 is 6.29 Å². The quantitative estimate of drug-likeness (QED) is 0.163. The molecule has 0 saturated carbocycles. The molecule has 4 heteroatoms. The second-order valence-corrected chi connectivity index (χ2v) is 8.76. The molecule has 0 aliphatic heterocycles. The summed E-state index contributed by atoms with van der Waals surface area (Å²) in [5.41, 5.74) is 3.12. The molecular formula is C26H35BrO3. The standard InChI is InChI=1S/C26H35BrO3/c1-4-5-6-7-8-9-10-20-11-13-21(14-12-20)24(26(29-2)30-3)19-25(28)22-15-17-23(27)18-16-22/h11-18,24,26H,4-10,19H2,1-3H3. The molecule has 30 heavy (non-hydrogen) atoms. The normalized spacial score (nSPS) is 12.3. The van der Waals surface area contributed by atoms with Gasteiger partial charge in [0.15, 0.2) is 12.1 Å². The Hall–Kier alpha value is -1.49. The zero-order chi connectivity index (χ0) is 21.8. The van der Waals surface area contributed by atoms with Crippen LogP contribution in [0.1, 0.15) is 79.3 Å². The Bertz CT molecular complexity index is 736. The van der Waals surface area contributed by atoms with Crippen LogP contribution in [0.25, 0.3) is 0 Å². The van der Waals surface area contributed by atoms with Crippen LogP contribution >= 0.6 is 15.9 Å². The monoisotopic (exact) mass is 474 g/mol. The smallest absolute Gasteiger partial charge is 0.164 e. The molecule has 164 valence electrons. The van der Waals surface area contributed by atoms with Crippen molar-refractivity contribution in [3.63, 3.8) is 0 Å². The molecule has 3 nitrogen and oxygen atoms in total. The topological polar surface area (TPSA) is 35.5 Å². The van der Waals surface area contributed by atoms with Crippen LogP contribution < -0.4 is 0 Å². The van der Waals surface area contributed by atoms with Gasteiger partial charge in [0.2, 0.25) is 0 Å². The first-order chi connectivity index (χ1) is 14.6. The van der Waals surface area contributed by atoms with Crippen LogP contribution in [0.2, 0.25) is 0 Å². The number of hydrogen-bond acceptors (Lipinski definition) is 3. The molecule has 2 aromatic rings. The molecule has 0 N–H and O–H groups in total. The molecule has 0 saturated heterocycles. The van der Waals surface area contributed by atoms with Crippen molar-refractivity contribution >= 4 is 21.7 Å². The average molecular weight is 475 g/mol. The van der Waals surface area contributed by atoms with Gasteiger partial charge in [0, 0.05) is 36.6 Å². The van der Waals surface area contributed by atoms with E-state index in [-0.39, 0.29) is 11.7 Å². The fourth-order valence-electron chi connectivity index (χ4n) is 3.79. The minimum atomic E-state index is -0.464. The number of halogens is 1. The summed E-state index contributed by atoms with van der Waals surface area (Å²) in [6.07, 6.45) is 8.81. The molecule has 1 atom stereocenters. The zero-order valence-corrected chi connectivity index (χ0v) is 20.1. The number of unbranched alkanes of at least 4 members (excludes halogenated alkanes) is 5. The molecule has 0 amide bonds. The largest absolute Gasteiger partial charge is 0.355 e. The maximum absolute atomic E-state index is 12.9. The van der Waals surface area contributed by atoms with Crippen molar-refractivity contribution < 1.29 is 14.3 Å². The van der Waals surface area contributed by atoms with Gasteiger partial charge in [-0.1, -0.05) is 91.4 Å². The Morgan fingerprint density at radius 1 is 0.867 bits per heavy atom. The third-order valence-corrected chi connectivity index (χ3v) is 6.12. The van der Waals surface area contributed by atoms with Crippen molar-refractivity contribution in [3.8, 4) is 0 Å². The summed E-state index contributed by atoms with van der Waals surface area (Å²) >= 11 is 3.42. The number of Topliss-reactive ketones (excluding diaryl/α,β-unsaturated/α-hetero) is 1. The van der Waals surface area contributed by atoms with E-state index in [1.165, 1.54) is 44.1 Å². The van der Waals surface area contributed by atoms with E-state index in [4.69, 9.17) is 9.47 Å². The van der Waals surface area contributed by atoms with E-state index in [2.05, 4.69) is 47.1 Å². The van der Waals surface area contributed by atoms with Crippen molar-refractivity contribution in [1.82, 2.24) is 0 Å². The number of carbonyl (C=O) groups excluding carboxylic acids is 1. The maximum Gasteiger partial charge on any atom is 0.164 e. The summed E-state index contributed by atoms with van der Waals surface area (Å²) in [7, 11) is 3.25. The van der Waals surface area contributed by atoms with Gasteiger partial charge in [-0.2, -0.15) is 0 Å². The Kier molecular flexibility index (Phi) is 11.3. The van der Waals surface area contributed by atoms with Gasteiger partial charge in [0.05, 0.1) is 0 Å². The van der Waals surface area contributed by atoms with Crippen LogP contribution in [-0.2, 0) is 15.9 Å². The van der Waals surface area contributed by atoms with Crippen LogP contribution in [0.5, 0.6) is 0 Å². The Balaban J connectivity index is 2.02. The molecule has 1 unspecified atom stereocenters. The number of rotatable bonds is 14. The molecule has 2 rings (SSSR count). The zero-order valence-electron chi connectivity index (χ0n) is 18.5. The minimum Gasteiger partial charge on any atom is -0.355 e. The Morgan fingerprint density at radius 3 is 2.07 bits per heavy atom. The molecule has 0 heterocycles. The summed E-state index contributed by atoms with van der Waals surface area (Å²) in [6.45, 7) is 2.25. The van der Waals surface area contributed by atoms with Gasteiger partial charge in [0.25, 0.3) is 0 Å². The summed E-state index contributed by atoms with van der Waals surface area (Å²) in [5, 5.41) is 0. The molecule has 0 aliphatic rings. The predicted octanol–water partition coefficient (Wildman–Crippen LogP) is 7.33. The number of ketones is 1. The van der Waals surface area contributed by atoms with E-state index in [1.54, 1.807) is 14.2 Å². The fourth-order valence-corrected chi connectivity index (χ4v) is 4.05. The van der Waals surface area contributed by atoms with Crippen molar-refractivity contribution in [2.45, 2.75) is 70.5 Å². The number of methoxy groups -OCH3 is 2. The SMILES string of the molecule is CCCCCCCCc1ccc(C(CC(=O)c2ccc(Br)cc2)C(OC)OC)cc1. The van der Waals surface area contributed by atoms with Crippen molar-refractivity contribution in [1.29, 1.82) is 0 Å². The highest BCUT2D eigenvalue weighted by Crippen LogP contribution is 2.28. The lowest BCUT2D eigenvalue weighted by Gasteiger charge is -2.25. The second-order valence-electron chi connectivity index (χ2n) is 7.84. The molecular weight excluding hydrogens is 440 g/mol. The first kappa shape index (κ1) is 24.8. The van der Waals surface area contributed by atoms with Crippen LogP contribution in [0.4, 0.5) is 0 Å². The summed E-state index contributed by atoms with van der Waals surface area (Å²) in [6, 6.07) is 16.1.